The number of amides is 1. The maximum atomic E-state index is 9.79. The largest absolute Gasteiger partial charge is 0.342 e. The van der Waals surface area contributed by atoms with Crippen molar-refractivity contribution < 1.29 is 4.79 Å². The summed E-state index contributed by atoms with van der Waals surface area (Å²) in [7, 11) is 0. The summed E-state index contributed by atoms with van der Waals surface area (Å²) in [6, 6.07) is 0. The molecule has 1 N–H and O–H groups in total. The lowest BCUT2D eigenvalue weighted by Crippen LogP contribution is -2.31. The molecule has 0 unspecified atom stereocenters. The van der Waals surface area contributed by atoms with Crippen LogP contribution in [0, 0.1) is 0 Å². The van der Waals surface area contributed by atoms with Gasteiger partial charge in [0, 0.05) is 6.54 Å². The number of rotatable bonds is 2. The van der Waals surface area contributed by atoms with Gasteiger partial charge in [-0.25, -0.2) is 5.32 Å². The molecule has 45 valence electrons. The minimum atomic E-state index is 0.118. The van der Waals surface area contributed by atoms with E-state index in [0.29, 0.717) is 6.41 Å². The topological polar surface area (TPSA) is 43.2 Å². The Bertz CT molecular complexity index is 78.5. The van der Waals surface area contributed by atoms with Gasteiger partial charge in [-0.05, 0) is 12.8 Å². The number of nitrogens with one attached hydrogen (secondary N) is 1. The van der Waals surface area contributed by atoms with Gasteiger partial charge in [-0.3, -0.25) is 4.79 Å². The molecule has 0 aromatic carbocycles. The normalized spacial score (nSPS) is 27.8. The molecule has 0 aliphatic carbocycles. The van der Waals surface area contributed by atoms with Crippen LogP contribution in [0.15, 0.2) is 0 Å². The summed E-state index contributed by atoms with van der Waals surface area (Å²) in [4.78, 5) is 9.79. The standard InChI is InChI=1S/C5H9N2O/c8-4-7-5-2-1-3-6-5/h4-5H,1-3H2,(H,7,8)/t5-/m1/s1. The van der Waals surface area contributed by atoms with Crippen molar-refractivity contribution in [2.75, 3.05) is 6.54 Å². The molecule has 8 heavy (non-hydrogen) atoms. The fourth-order valence-corrected chi connectivity index (χ4v) is 0.838. The van der Waals surface area contributed by atoms with E-state index in [9.17, 15) is 4.79 Å². The van der Waals surface area contributed by atoms with Crippen molar-refractivity contribution in [3.05, 3.63) is 0 Å². The van der Waals surface area contributed by atoms with E-state index in [1.54, 1.807) is 0 Å². The van der Waals surface area contributed by atoms with Crippen molar-refractivity contribution in [2.24, 2.45) is 0 Å². The van der Waals surface area contributed by atoms with Crippen LogP contribution < -0.4 is 10.6 Å². The quantitative estimate of drug-likeness (QED) is 0.480. The maximum absolute atomic E-state index is 9.79. The van der Waals surface area contributed by atoms with Crippen LogP contribution in [0.1, 0.15) is 12.8 Å². The van der Waals surface area contributed by atoms with Crippen molar-refractivity contribution in [3.8, 4) is 0 Å². The Balaban J connectivity index is 2.14. The minimum absolute atomic E-state index is 0.118. The lowest BCUT2D eigenvalue weighted by Gasteiger charge is -2.03. The molecule has 1 aliphatic rings. The molecule has 3 nitrogen and oxygen atoms in total. The van der Waals surface area contributed by atoms with Crippen molar-refractivity contribution in [1.29, 1.82) is 0 Å². The average molecular weight is 113 g/mol. The van der Waals surface area contributed by atoms with Crippen molar-refractivity contribution >= 4 is 6.41 Å². The predicted molar refractivity (Wildman–Crippen MR) is 29.2 cm³/mol. The van der Waals surface area contributed by atoms with E-state index < -0.39 is 0 Å². The summed E-state index contributed by atoms with van der Waals surface area (Å²) in [6.07, 6.45) is 2.96. The van der Waals surface area contributed by atoms with Gasteiger partial charge in [0.1, 0.15) is 0 Å². The zero-order valence-corrected chi connectivity index (χ0v) is 4.63. The molecule has 1 heterocycles. The van der Waals surface area contributed by atoms with Gasteiger partial charge in [-0.2, -0.15) is 0 Å². The molecular formula is C5H9N2O. The van der Waals surface area contributed by atoms with Crippen LogP contribution in [-0.2, 0) is 4.79 Å². The van der Waals surface area contributed by atoms with E-state index in [4.69, 9.17) is 0 Å². The Hall–Kier alpha value is -0.570. The Morgan fingerprint density at radius 2 is 2.62 bits per heavy atom. The first-order valence-electron chi connectivity index (χ1n) is 2.80. The molecule has 1 radical (unpaired) electrons. The van der Waals surface area contributed by atoms with Gasteiger partial charge in [0.15, 0.2) is 0 Å². The Labute approximate surface area is 48.5 Å². The molecule has 0 bridgehead atoms. The van der Waals surface area contributed by atoms with E-state index in [1.165, 1.54) is 0 Å². The Kier molecular flexibility index (Phi) is 1.86. The van der Waals surface area contributed by atoms with Crippen LogP contribution in [0.2, 0.25) is 0 Å². The number of nitrogens with zero attached hydrogens (tertiary/aromatic N) is 1. The van der Waals surface area contributed by atoms with Crippen LogP contribution in [-0.4, -0.2) is 19.1 Å². The van der Waals surface area contributed by atoms with Crippen molar-refractivity contribution in [1.82, 2.24) is 10.6 Å². The minimum Gasteiger partial charge on any atom is -0.342 e. The van der Waals surface area contributed by atoms with Gasteiger partial charge in [0.2, 0.25) is 6.41 Å². The summed E-state index contributed by atoms with van der Waals surface area (Å²) in [5, 5.41) is 6.68. The predicted octanol–water partition coefficient (Wildman–Crippen LogP) is -0.543. The first kappa shape index (κ1) is 5.56. The van der Waals surface area contributed by atoms with E-state index >= 15 is 0 Å². The lowest BCUT2D eigenvalue weighted by atomic mass is 10.3. The van der Waals surface area contributed by atoms with E-state index in [-0.39, 0.29) is 6.17 Å². The van der Waals surface area contributed by atoms with Gasteiger partial charge in [-0.15, -0.1) is 0 Å². The molecule has 1 amide bonds. The molecule has 1 rings (SSSR count). The highest BCUT2D eigenvalue weighted by Crippen LogP contribution is 2.01. The first-order chi connectivity index (χ1) is 3.93. The Morgan fingerprint density at radius 3 is 3.12 bits per heavy atom. The fraction of sp³-hybridized carbons (Fsp3) is 0.800. The van der Waals surface area contributed by atoms with Gasteiger partial charge in [0.25, 0.3) is 0 Å². The second-order valence-corrected chi connectivity index (χ2v) is 1.85. The summed E-state index contributed by atoms with van der Waals surface area (Å²) in [6.45, 7) is 0.908. The van der Waals surface area contributed by atoms with Crippen molar-refractivity contribution in [2.45, 2.75) is 19.0 Å². The molecule has 0 spiro atoms. The zero-order valence-electron chi connectivity index (χ0n) is 4.63. The molecular weight excluding hydrogens is 104 g/mol. The van der Waals surface area contributed by atoms with Crippen LogP contribution in [0.3, 0.4) is 0 Å². The SMILES string of the molecule is O=CN[C@@H]1CCC[N]1. The van der Waals surface area contributed by atoms with Gasteiger partial charge < -0.3 is 5.32 Å². The van der Waals surface area contributed by atoms with Gasteiger partial charge in [0.05, 0.1) is 6.17 Å². The molecule has 1 aliphatic heterocycles. The van der Waals surface area contributed by atoms with Crippen LogP contribution >= 0.6 is 0 Å². The molecule has 1 atom stereocenters. The van der Waals surface area contributed by atoms with Crippen LogP contribution in [0.5, 0.6) is 0 Å². The molecule has 3 heteroatoms. The third-order valence-corrected chi connectivity index (χ3v) is 1.25. The molecule has 1 fully saturated rings. The fourth-order valence-electron chi connectivity index (χ4n) is 0.838. The second-order valence-electron chi connectivity index (χ2n) is 1.85. The first-order valence-corrected chi connectivity index (χ1v) is 2.80. The van der Waals surface area contributed by atoms with E-state index in [1.807, 2.05) is 0 Å². The molecule has 0 aromatic heterocycles. The monoisotopic (exact) mass is 113 g/mol. The smallest absolute Gasteiger partial charge is 0.208 e. The number of hydrogen-bond acceptors (Lipinski definition) is 1. The van der Waals surface area contributed by atoms with E-state index in [2.05, 4.69) is 10.6 Å². The van der Waals surface area contributed by atoms with E-state index in [0.717, 1.165) is 19.4 Å². The number of hydrogen-bond donors (Lipinski definition) is 1. The number of carbonyl (C=O) groups is 1. The van der Waals surface area contributed by atoms with Gasteiger partial charge in [-0.1, -0.05) is 0 Å². The lowest BCUT2D eigenvalue weighted by molar-refractivity contribution is -0.110. The second kappa shape index (κ2) is 2.67. The Morgan fingerprint density at radius 1 is 1.75 bits per heavy atom. The van der Waals surface area contributed by atoms with Crippen LogP contribution in [0.4, 0.5) is 0 Å². The maximum Gasteiger partial charge on any atom is 0.208 e. The third kappa shape index (κ3) is 1.20. The number of carbonyl (C=O) groups excluding carboxylic acids is 1. The zero-order chi connectivity index (χ0) is 5.82. The van der Waals surface area contributed by atoms with Gasteiger partial charge >= 0.3 is 0 Å². The summed E-state index contributed by atoms with van der Waals surface area (Å²) < 4.78 is 0. The highest BCUT2D eigenvalue weighted by Gasteiger charge is 2.12. The average Bonchev–Trinajstić information content (AvgIpc) is 2.19. The van der Waals surface area contributed by atoms with Crippen molar-refractivity contribution in [3.63, 3.8) is 0 Å². The third-order valence-electron chi connectivity index (χ3n) is 1.25. The molecule has 0 saturated carbocycles. The highest BCUT2D eigenvalue weighted by atomic mass is 16.1. The highest BCUT2D eigenvalue weighted by molar-refractivity contribution is 5.46. The van der Waals surface area contributed by atoms with Crippen LogP contribution in [0.25, 0.3) is 0 Å². The molecule has 1 saturated heterocycles. The summed E-state index contributed by atoms with van der Waals surface area (Å²) >= 11 is 0. The molecule has 0 aromatic rings. The summed E-state index contributed by atoms with van der Waals surface area (Å²) in [5.41, 5.74) is 0. The summed E-state index contributed by atoms with van der Waals surface area (Å²) in [5.74, 6) is 0.